The van der Waals surface area contributed by atoms with Crippen LogP contribution in [0.4, 0.5) is 0 Å². The van der Waals surface area contributed by atoms with E-state index >= 15 is 0 Å². The molecule has 6 heteroatoms. The molecule has 0 aromatic heterocycles. The third-order valence-electron chi connectivity index (χ3n) is 5.26. The fourth-order valence-electron chi connectivity index (χ4n) is 3.73. The molecule has 2 aromatic rings. The number of nitrogens with zero attached hydrogens (tertiary/aromatic N) is 1. The van der Waals surface area contributed by atoms with E-state index in [9.17, 15) is 13.2 Å². The number of carbonyl (C=O) groups is 1. The first-order chi connectivity index (χ1) is 12.9. The van der Waals surface area contributed by atoms with E-state index in [-0.39, 0.29) is 22.6 Å². The molecular weight excluding hydrogens is 360 g/mol. The van der Waals surface area contributed by atoms with Gasteiger partial charge in [-0.25, -0.2) is 8.42 Å². The fraction of sp³-hybridized carbons (Fsp3) is 0.381. The van der Waals surface area contributed by atoms with Crippen LogP contribution in [-0.4, -0.2) is 38.4 Å². The lowest BCUT2D eigenvalue weighted by Gasteiger charge is -2.39. The van der Waals surface area contributed by atoms with Gasteiger partial charge in [-0.2, -0.15) is 0 Å². The second kappa shape index (κ2) is 8.23. The normalized spacial score (nSPS) is 20.4. The van der Waals surface area contributed by atoms with Crippen molar-refractivity contribution in [3.8, 4) is 0 Å². The van der Waals surface area contributed by atoms with Crippen LogP contribution in [0.3, 0.4) is 0 Å². The standard InChI is InChI=1S/C21H26N2O3S/c1-16-7-6-12-23(20(16)14-22)21(24)18-10-5-11-19(13-18)27(25,26)15-17-8-3-2-4-9-17/h2-5,8-11,13,16,20H,6-7,12,14-15,22H2,1H3/t16-,20-/m0/s1. The van der Waals surface area contributed by atoms with E-state index in [0.29, 0.717) is 24.6 Å². The molecule has 0 saturated carbocycles. The molecule has 0 aliphatic carbocycles. The van der Waals surface area contributed by atoms with Crippen LogP contribution in [0.2, 0.25) is 0 Å². The molecule has 2 N–H and O–H groups in total. The Morgan fingerprint density at radius 1 is 1.15 bits per heavy atom. The summed E-state index contributed by atoms with van der Waals surface area (Å²) in [6.07, 6.45) is 1.99. The highest BCUT2D eigenvalue weighted by molar-refractivity contribution is 7.90. The van der Waals surface area contributed by atoms with Crippen molar-refractivity contribution in [2.45, 2.75) is 36.5 Å². The van der Waals surface area contributed by atoms with Crippen molar-refractivity contribution < 1.29 is 13.2 Å². The molecule has 1 amide bonds. The Balaban J connectivity index is 1.85. The summed E-state index contributed by atoms with van der Waals surface area (Å²) < 4.78 is 25.6. The van der Waals surface area contributed by atoms with Crippen molar-refractivity contribution in [2.24, 2.45) is 11.7 Å². The molecule has 2 aromatic carbocycles. The Kier molecular flexibility index (Phi) is 5.97. The van der Waals surface area contributed by atoms with Gasteiger partial charge in [-0.05, 0) is 42.5 Å². The molecule has 5 nitrogen and oxygen atoms in total. The van der Waals surface area contributed by atoms with Gasteiger partial charge in [0.15, 0.2) is 9.84 Å². The summed E-state index contributed by atoms with van der Waals surface area (Å²) >= 11 is 0. The lowest BCUT2D eigenvalue weighted by atomic mass is 9.90. The highest BCUT2D eigenvalue weighted by atomic mass is 32.2. The summed E-state index contributed by atoms with van der Waals surface area (Å²) in [5.41, 5.74) is 7.02. The van der Waals surface area contributed by atoms with E-state index in [4.69, 9.17) is 5.73 Å². The molecule has 1 fully saturated rings. The third kappa shape index (κ3) is 4.39. The van der Waals surface area contributed by atoms with E-state index in [1.807, 2.05) is 18.2 Å². The van der Waals surface area contributed by atoms with Crippen LogP contribution in [0.25, 0.3) is 0 Å². The molecular formula is C21H26N2O3S. The van der Waals surface area contributed by atoms with Crippen LogP contribution in [0, 0.1) is 5.92 Å². The second-order valence-corrected chi connectivity index (χ2v) is 9.18. The monoisotopic (exact) mass is 386 g/mol. The molecule has 1 aliphatic rings. The van der Waals surface area contributed by atoms with E-state index in [1.54, 1.807) is 35.2 Å². The maximum atomic E-state index is 13.0. The Morgan fingerprint density at radius 3 is 2.59 bits per heavy atom. The van der Waals surface area contributed by atoms with Gasteiger partial charge in [0.1, 0.15) is 0 Å². The predicted molar refractivity (Wildman–Crippen MR) is 106 cm³/mol. The van der Waals surface area contributed by atoms with Crippen LogP contribution >= 0.6 is 0 Å². The van der Waals surface area contributed by atoms with Crippen molar-refractivity contribution in [3.05, 3.63) is 65.7 Å². The molecule has 27 heavy (non-hydrogen) atoms. The minimum atomic E-state index is -3.53. The van der Waals surface area contributed by atoms with Crippen molar-refractivity contribution in [2.75, 3.05) is 13.1 Å². The highest BCUT2D eigenvalue weighted by Gasteiger charge is 2.31. The SMILES string of the molecule is C[C@H]1CCCN(C(=O)c2cccc(S(=O)(=O)Cc3ccccc3)c2)[C@H]1CN. The number of amides is 1. The Hall–Kier alpha value is -2.18. The number of piperidine rings is 1. The minimum absolute atomic E-state index is 0.00386. The van der Waals surface area contributed by atoms with Gasteiger partial charge in [0.2, 0.25) is 0 Å². The summed E-state index contributed by atoms with van der Waals surface area (Å²) in [4.78, 5) is 15.0. The molecule has 1 saturated heterocycles. The van der Waals surface area contributed by atoms with Crippen molar-refractivity contribution in [1.29, 1.82) is 0 Å². The lowest BCUT2D eigenvalue weighted by molar-refractivity contribution is 0.0532. The van der Waals surface area contributed by atoms with Gasteiger partial charge in [-0.3, -0.25) is 4.79 Å². The first kappa shape index (κ1) is 19.6. The average Bonchev–Trinajstić information content (AvgIpc) is 2.68. The number of hydrogen-bond donors (Lipinski definition) is 1. The van der Waals surface area contributed by atoms with Crippen LogP contribution < -0.4 is 5.73 Å². The van der Waals surface area contributed by atoms with Gasteiger partial charge in [0, 0.05) is 24.7 Å². The topological polar surface area (TPSA) is 80.5 Å². The summed E-state index contributed by atoms with van der Waals surface area (Å²) in [7, 11) is -3.53. The average molecular weight is 387 g/mol. The molecule has 0 spiro atoms. The number of rotatable bonds is 5. The quantitative estimate of drug-likeness (QED) is 0.857. The Morgan fingerprint density at radius 2 is 1.89 bits per heavy atom. The number of hydrogen-bond acceptors (Lipinski definition) is 4. The molecule has 1 heterocycles. The molecule has 1 aliphatic heterocycles. The second-order valence-electron chi connectivity index (χ2n) is 7.19. The smallest absolute Gasteiger partial charge is 0.254 e. The molecule has 0 radical (unpaired) electrons. The zero-order valence-electron chi connectivity index (χ0n) is 15.5. The Labute approximate surface area is 161 Å². The molecule has 0 bridgehead atoms. The summed E-state index contributed by atoms with van der Waals surface area (Å²) in [5.74, 6) is 0.115. The Bertz CT molecular complexity index is 897. The van der Waals surface area contributed by atoms with Gasteiger partial charge in [-0.1, -0.05) is 43.3 Å². The van der Waals surface area contributed by atoms with Gasteiger partial charge in [-0.15, -0.1) is 0 Å². The fourth-order valence-corrected chi connectivity index (χ4v) is 5.12. The van der Waals surface area contributed by atoms with Gasteiger partial charge >= 0.3 is 0 Å². The third-order valence-corrected chi connectivity index (χ3v) is 6.94. The van der Waals surface area contributed by atoms with Crippen LogP contribution in [0.5, 0.6) is 0 Å². The van der Waals surface area contributed by atoms with Crippen molar-refractivity contribution in [3.63, 3.8) is 0 Å². The number of benzene rings is 2. The van der Waals surface area contributed by atoms with Gasteiger partial charge in [0.05, 0.1) is 10.6 Å². The molecule has 3 rings (SSSR count). The minimum Gasteiger partial charge on any atom is -0.334 e. The maximum absolute atomic E-state index is 13.0. The first-order valence-corrected chi connectivity index (χ1v) is 11.0. The van der Waals surface area contributed by atoms with Crippen molar-refractivity contribution >= 4 is 15.7 Å². The summed E-state index contributed by atoms with van der Waals surface area (Å²) in [6, 6.07) is 15.4. The first-order valence-electron chi connectivity index (χ1n) is 9.30. The largest absolute Gasteiger partial charge is 0.334 e. The maximum Gasteiger partial charge on any atom is 0.254 e. The number of nitrogens with two attached hydrogens (primary N) is 1. The molecule has 2 atom stereocenters. The number of carbonyl (C=O) groups excluding carboxylic acids is 1. The van der Waals surface area contributed by atoms with Crippen LogP contribution in [-0.2, 0) is 15.6 Å². The van der Waals surface area contributed by atoms with Gasteiger partial charge < -0.3 is 10.6 Å². The summed E-state index contributed by atoms with van der Waals surface area (Å²) in [5, 5.41) is 0. The zero-order chi connectivity index (χ0) is 19.4. The number of sulfone groups is 1. The van der Waals surface area contributed by atoms with E-state index in [0.717, 1.165) is 18.4 Å². The molecule has 144 valence electrons. The number of likely N-dealkylation sites (tertiary alicyclic amines) is 1. The predicted octanol–water partition coefficient (Wildman–Crippen LogP) is 2.86. The zero-order valence-corrected chi connectivity index (χ0v) is 16.4. The molecule has 0 unspecified atom stereocenters. The van der Waals surface area contributed by atoms with E-state index in [2.05, 4.69) is 6.92 Å². The van der Waals surface area contributed by atoms with Crippen LogP contribution in [0.1, 0.15) is 35.7 Å². The van der Waals surface area contributed by atoms with Crippen molar-refractivity contribution in [1.82, 2.24) is 4.90 Å². The van der Waals surface area contributed by atoms with Crippen LogP contribution in [0.15, 0.2) is 59.5 Å². The lowest BCUT2D eigenvalue weighted by Crippen LogP contribution is -2.51. The summed E-state index contributed by atoms with van der Waals surface area (Å²) in [6.45, 7) is 3.18. The van der Waals surface area contributed by atoms with E-state index < -0.39 is 9.84 Å². The highest BCUT2D eigenvalue weighted by Crippen LogP contribution is 2.25. The van der Waals surface area contributed by atoms with E-state index in [1.165, 1.54) is 6.07 Å². The van der Waals surface area contributed by atoms with Gasteiger partial charge in [0.25, 0.3) is 5.91 Å².